The summed E-state index contributed by atoms with van der Waals surface area (Å²) in [5.41, 5.74) is 7.99. The van der Waals surface area contributed by atoms with Gasteiger partial charge in [0.05, 0.1) is 11.7 Å². The van der Waals surface area contributed by atoms with Gasteiger partial charge in [0.1, 0.15) is 18.4 Å². The third-order valence-electron chi connectivity index (χ3n) is 5.63. The first-order chi connectivity index (χ1) is 13.6. The monoisotopic (exact) mass is 377 g/mol. The number of benzene rings is 2. The minimum Gasteiger partial charge on any atom is -0.483 e. The van der Waals surface area contributed by atoms with Crippen LogP contribution in [-0.4, -0.2) is 43.5 Å². The van der Waals surface area contributed by atoms with Gasteiger partial charge in [0, 0.05) is 24.3 Å². The number of fused-ring (bicyclic) bond motifs is 3. The molecule has 28 heavy (non-hydrogen) atoms. The van der Waals surface area contributed by atoms with Gasteiger partial charge in [-0.3, -0.25) is 4.79 Å². The van der Waals surface area contributed by atoms with Crippen LogP contribution in [0.25, 0.3) is 11.1 Å². The first kappa shape index (κ1) is 17.1. The van der Waals surface area contributed by atoms with Crippen LogP contribution in [-0.2, 0) is 4.79 Å². The van der Waals surface area contributed by atoms with Crippen molar-refractivity contribution in [1.29, 1.82) is 0 Å². The number of hydrazone groups is 1. The lowest BCUT2D eigenvalue weighted by molar-refractivity contribution is -0.122. The Labute approximate surface area is 163 Å². The number of ether oxygens (including phenoxy) is 1. The molecule has 3 N–H and O–H groups in total. The van der Waals surface area contributed by atoms with Crippen LogP contribution in [0.15, 0.2) is 41.5 Å². The number of nitrogens with zero attached hydrogens (tertiary/aromatic N) is 2. The van der Waals surface area contributed by atoms with Crippen LogP contribution in [0.2, 0.25) is 0 Å². The molecule has 1 amide bonds. The van der Waals surface area contributed by atoms with Gasteiger partial charge in [0.2, 0.25) is 0 Å². The number of amidine groups is 1. The van der Waals surface area contributed by atoms with Gasteiger partial charge in [-0.15, -0.1) is 0 Å². The number of nitrogens with one attached hydrogen (secondary N) is 3. The van der Waals surface area contributed by atoms with Crippen molar-refractivity contribution >= 4 is 23.1 Å². The fourth-order valence-electron chi connectivity index (χ4n) is 3.90. The van der Waals surface area contributed by atoms with E-state index in [0.717, 1.165) is 41.6 Å². The van der Waals surface area contributed by atoms with Crippen LogP contribution in [0.3, 0.4) is 0 Å². The van der Waals surface area contributed by atoms with Gasteiger partial charge in [0.25, 0.3) is 5.91 Å². The summed E-state index contributed by atoms with van der Waals surface area (Å²) >= 11 is 0. The van der Waals surface area contributed by atoms with Gasteiger partial charge < -0.3 is 20.3 Å². The summed E-state index contributed by atoms with van der Waals surface area (Å²) in [7, 11) is 0. The van der Waals surface area contributed by atoms with E-state index in [4.69, 9.17) is 4.74 Å². The lowest BCUT2D eigenvalue weighted by atomic mass is 9.96. The predicted octanol–water partition coefficient (Wildman–Crippen LogP) is 2.08. The maximum absolute atomic E-state index is 12.2. The van der Waals surface area contributed by atoms with E-state index in [1.54, 1.807) is 0 Å². The van der Waals surface area contributed by atoms with Crippen LogP contribution in [0, 0.1) is 6.92 Å². The number of amides is 1. The van der Waals surface area contributed by atoms with E-state index >= 15 is 0 Å². The van der Waals surface area contributed by atoms with E-state index in [1.165, 1.54) is 11.1 Å². The SMILES string of the molecule is Cc1ccccc1-c1cc2c(cc1NC1CNC1)N1C(=NNC(=O)[C@@H]1C)CO2. The molecule has 3 aliphatic heterocycles. The summed E-state index contributed by atoms with van der Waals surface area (Å²) in [6.07, 6.45) is 0. The molecule has 0 unspecified atom stereocenters. The van der Waals surface area contributed by atoms with Gasteiger partial charge in [-0.1, -0.05) is 24.3 Å². The zero-order chi connectivity index (χ0) is 19.3. The maximum Gasteiger partial charge on any atom is 0.262 e. The summed E-state index contributed by atoms with van der Waals surface area (Å²) in [4.78, 5) is 14.2. The van der Waals surface area contributed by atoms with Crippen LogP contribution in [0.5, 0.6) is 5.75 Å². The van der Waals surface area contributed by atoms with E-state index in [-0.39, 0.29) is 11.9 Å². The lowest BCUT2D eigenvalue weighted by Gasteiger charge is -2.39. The topological polar surface area (TPSA) is 78.0 Å². The summed E-state index contributed by atoms with van der Waals surface area (Å²) in [6, 6.07) is 12.6. The molecule has 1 atom stereocenters. The van der Waals surface area contributed by atoms with E-state index in [9.17, 15) is 4.79 Å². The molecular formula is C21H23N5O2. The highest BCUT2D eigenvalue weighted by molar-refractivity contribution is 6.10. The first-order valence-corrected chi connectivity index (χ1v) is 9.61. The van der Waals surface area contributed by atoms with E-state index < -0.39 is 0 Å². The third-order valence-corrected chi connectivity index (χ3v) is 5.63. The van der Waals surface area contributed by atoms with Gasteiger partial charge in [0.15, 0.2) is 5.84 Å². The molecule has 0 radical (unpaired) electrons. The molecule has 3 heterocycles. The first-order valence-electron chi connectivity index (χ1n) is 9.61. The molecule has 3 aliphatic rings. The van der Waals surface area contributed by atoms with Gasteiger partial charge in [-0.25, -0.2) is 5.43 Å². The van der Waals surface area contributed by atoms with Crippen molar-refractivity contribution in [2.45, 2.75) is 25.9 Å². The number of carbonyl (C=O) groups excluding carboxylic acids is 1. The summed E-state index contributed by atoms with van der Waals surface area (Å²) in [5, 5.41) is 11.1. The standard InChI is InChI=1S/C21H23N5O2/c1-12-5-3-4-6-15(12)16-7-19-18(8-17(16)23-14-9-22-10-14)26-13(2)21(27)25-24-20(26)11-28-19/h3-8,13-14,22-23H,9-11H2,1-2H3,(H,25,27)/t13-/m0/s1. The van der Waals surface area contributed by atoms with Crippen molar-refractivity contribution in [3.8, 4) is 16.9 Å². The number of hydrogen-bond donors (Lipinski definition) is 3. The molecule has 0 aromatic heterocycles. The molecule has 0 bridgehead atoms. The Morgan fingerprint density at radius 2 is 2.04 bits per heavy atom. The van der Waals surface area contributed by atoms with Gasteiger partial charge in [-0.2, -0.15) is 5.10 Å². The highest BCUT2D eigenvalue weighted by Gasteiger charge is 2.36. The van der Waals surface area contributed by atoms with Crippen molar-refractivity contribution < 1.29 is 9.53 Å². The summed E-state index contributed by atoms with van der Waals surface area (Å²) < 4.78 is 6.01. The third kappa shape index (κ3) is 2.70. The average Bonchev–Trinajstić information content (AvgIpc) is 2.67. The second kappa shape index (κ2) is 6.53. The fraction of sp³-hybridized carbons (Fsp3) is 0.333. The van der Waals surface area contributed by atoms with Crippen LogP contribution < -0.4 is 25.7 Å². The Morgan fingerprint density at radius 3 is 2.79 bits per heavy atom. The molecule has 7 heteroatoms. The summed E-state index contributed by atoms with van der Waals surface area (Å²) in [6.45, 7) is 6.22. The van der Waals surface area contributed by atoms with E-state index in [0.29, 0.717) is 12.6 Å². The van der Waals surface area contributed by atoms with Crippen molar-refractivity contribution in [1.82, 2.24) is 10.7 Å². The van der Waals surface area contributed by atoms with Crippen LogP contribution in [0.1, 0.15) is 12.5 Å². The van der Waals surface area contributed by atoms with Crippen molar-refractivity contribution in [2.24, 2.45) is 5.10 Å². The quantitative estimate of drug-likeness (QED) is 0.763. The molecular weight excluding hydrogens is 354 g/mol. The maximum atomic E-state index is 12.2. The Morgan fingerprint density at radius 1 is 1.21 bits per heavy atom. The molecule has 0 spiro atoms. The largest absolute Gasteiger partial charge is 0.483 e. The molecule has 1 saturated heterocycles. The predicted molar refractivity (Wildman–Crippen MR) is 110 cm³/mol. The summed E-state index contributed by atoms with van der Waals surface area (Å²) in [5.74, 6) is 1.38. The van der Waals surface area contributed by atoms with Crippen molar-refractivity contribution in [3.63, 3.8) is 0 Å². The van der Waals surface area contributed by atoms with Gasteiger partial charge in [-0.05, 0) is 37.1 Å². The number of carbonyl (C=O) groups is 1. The zero-order valence-corrected chi connectivity index (χ0v) is 16.0. The second-order valence-electron chi connectivity index (χ2n) is 7.52. The Bertz CT molecular complexity index is 983. The van der Waals surface area contributed by atoms with Crippen molar-refractivity contribution in [3.05, 3.63) is 42.0 Å². The smallest absolute Gasteiger partial charge is 0.262 e. The highest BCUT2D eigenvalue weighted by Crippen LogP contribution is 2.43. The lowest BCUT2D eigenvalue weighted by Crippen LogP contribution is -2.55. The molecule has 7 nitrogen and oxygen atoms in total. The zero-order valence-electron chi connectivity index (χ0n) is 16.0. The number of rotatable bonds is 3. The Kier molecular flexibility index (Phi) is 3.98. The number of anilines is 2. The number of aryl methyl sites for hydroxylation is 1. The molecule has 1 fully saturated rings. The fourth-order valence-corrected chi connectivity index (χ4v) is 3.90. The number of hydrogen-bond acceptors (Lipinski definition) is 6. The molecule has 0 aliphatic carbocycles. The Balaban J connectivity index is 1.65. The van der Waals surface area contributed by atoms with Crippen molar-refractivity contribution in [2.75, 3.05) is 29.9 Å². The average molecular weight is 377 g/mol. The van der Waals surface area contributed by atoms with E-state index in [1.807, 2.05) is 17.9 Å². The molecule has 2 aromatic rings. The molecule has 5 rings (SSSR count). The minimum absolute atomic E-state index is 0.114. The van der Waals surface area contributed by atoms with E-state index in [2.05, 4.69) is 58.4 Å². The van der Waals surface area contributed by atoms with Crippen LogP contribution >= 0.6 is 0 Å². The highest BCUT2D eigenvalue weighted by atomic mass is 16.5. The van der Waals surface area contributed by atoms with Gasteiger partial charge >= 0.3 is 0 Å². The Hall–Kier alpha value is -3.06. The molecule has 144 valence electrons. The normalized spacial score (nSPS) is 20.9. The van der Waals surface area contributed by atoms with Crippen LogP contribution in [0.4, 0.5) is 11.4 Å². The minimum atomic E-state index is -0.335. The molecule has 0 saturated carbocycles. The second-order valence-corrected chi connectivity index (χ2v) is 7.52. The molecule has 2 aromatic carbocycles.